The number of aromatic nitrogens is 2. The average molecular weight is 396 g/mol. The summed E-state index contributed by atoms with van der Waals surface area (Å²) in [6, 6.07) is 16.0. The molecule has 1 saturated heterocycles. The number of carbonyl (C=O) groups excluding carboxylic acids is 1. The van der Waals surface area contributed by atoms with Gasteiger partial charge in [-0.05, 0) is 58.2 Å². The molecule has 1 aromatic heterocycles. The Morgan fingerprint density at radius 3 is 2.46 bits per heavy atom. The van der Waals surface area contributed by atoms with Crippen molar-refractivity contribution in [2.45, 2.75) is 58.2 Å². The predicted octanol–water partition coefficient (Wildman–Crippen LogP) is 5.71. The van der Waals surface area contributed by atoms with E-state index in [-0.39, 0.29) is 24.0 Å². The Morgan fingerprint density at radius 1 is 1.11 bits per heavy atom. The summed E-state index contributed by atoms with van der Waals surface area (Å²) in [4.78, 5) is 15.5. The van der Waals surface area contributed by atoms with Gasteiger partial charge in [0.1, 0.15) is 11.7 Å². The van der Waals surface area contributed by atoms with E-state index in [9.17, 15) is 4.79 Å². The highest BCUT2D eigenvalue weighted by Crippen LogP contribution is 2.33. The number of nitrogens with zero attached hydrogens (tertiary/aromatic N) is 3. The second-order valence-electron chi connectivity index (χ2n) is 7.87. The molecule has 1 amide bonds. The van der Waals surface area contributed by atoms with E-state index in [0.717, 1.165) is 35.0 Å². The third-order valence-corrected chi connectivity index (χ3v) is 6.12. The van der Waals surface area contributed by atoms with Gasteiger partial charge in [-0.15, -0.1) is 0 Å². The number of likely N-dealkylation sites (tertiary alicyclic amines) is 1. The van der Waals surface area contributed by atoms with Gasteiger partial charge in [0.25, 0.3) is 0 Å². The highest BCUT2D eigenvalue weighted by atomic mass is 35.5. The molecule has 0 spiro atoms. The van der Waals surface area contributed by atoms with E-state index in [4.69, 9.17) is 16.7 Å². The fourth-order valence-electron chi connectivity index (χ4n) is 4.39. The SMILES string of the molecule is C[C@@H]1CCC[C@@H](C)N1C(=O)[C@H](C)n1nc(-c2ccccc2)c2cc(Cl)ccc21. The van der Waals surface area contributed by atoms with Crippen molar-refractivity contribution in [2.24, 2.45) is 0 Å². The molecule has 1 aliphatic rings. The zero-order chi connectivity index (χ0) is 19.8. The van der Waals surface area contributed by atoms with Gasteiger partial charge in [-0.2, -0.15) is 5.10 Å². The van der Waals surface area contributed by atoms with Gasteiger partial charge in [0, 0.05) is 28.1 Å². The van der Waals surface area contributed by atoms with Crippen molar-refractivity contribution in [1.82, 2.24) is 14.7 Å². The fraction of sp³-hybridized carbons (Fsp3) is 0.391. The predicted molar refractivity (Wildman–Crippen MR) is 115 cm³/mol. The Morgan fingerprint density at radius 2 is 1.79 bits per heavy atom. The molecule has 2 heterocycles. The maximum absolute atomic E-state index is 13.4. The van der Waals surface area contributed by atoms with Gasteiger partial charge in [-0.1, -0.05) is 41.9 Å². The minimum Gasteiger partial charge on any atom is -0.335 e. The highest BCUT2D eigenvalue weighted by Gasteiger charge is 2.33. The molecule has 4 rings (SSSR count). The molecule has 3 atom stereocenters. The van der Waals surface area contributed by atoms with Crippen LogP contribution in [-0.2, 0) is 4.79 Å². The maximum Gasteiger partial charge on any atom is 0.247 e. The van der Waals surface area contributed by atoms with Crippen LogP contribution in [0.3, 0.4) is 0 Å². The molecule has 0 bridgehead atoms. The number of rotatable bonds is 3. The van der Waals surface area contributed by atoms with Crippen molar-refractivity contribution in [1.29, 1.82) is 0 Å². The largest absolute Gasteiger partial charge is 0.335 e. The van der Waals surface area contributed by atoms with E-state index in [2.05, 4.69) is 18.7 Å². The molecular formula is C23H26ClN3O. The summed E-state index contributed by atoms with van der Waals surface area (Å²) in [5.41, 5.74) is 2.81. The summed E-state index contributed by atoms with van der Waals surface area (Å²) in [6.45, 7) is 6.25. The molecule has 3 aromatic rings. The summed E-state index contributed by atoms with van der Waals surface area (Å²) in [6.07, 6.45) is 3.31. The Labute approximate surface area is 171 Å². The summed E-state index contributed by atoms with van der Waals surface area (Å²) in [5, 5.41) is 6.52. The summed E-state index contributed by atoms with van der Waals surface area (Å²) in [7, 11) is 0. The summed E-state index contributed by atoms with van der Waals surface area (Å²) < 4.78 is 1.87. The quantitative estimate of drug-likeness (QED) is 0.569. The number of fused-ring (bicyclic) bond motifs is 1. The van der Waals surface area contributed by atoms with Gasteiger partial charge in [-0.25, -0.2) is 0 Å². The molecule has 0 N–H and O–H groups in total. The third kappa shape index (κ3) is 3.30. The van der Waals surface area contributed by atoms with Gasteiger partial charge >= 0.3 is 0 Å². The molecular weight excluding hydrogens is 370 g/mol. The number of amides is 1. The van der Waals surface area contributed by atoms with Crippen molar-refractivity contribution < 1.29 is 4.79 Å². The summed E-state index contributed by atoms with van der Waals surface area (Å²) in [5.74, 6) is 0.138. The standard InChI is InChI=1S/C23H26ClN3O/c1-15-8-7-9-16(2)26(15)23(28)17(3)27-21-13-12-19(24)14-20(21)22(25-27)18-10-5-4-6-11-18/h4-6,10-17H,7-9H2,1-3H3/t15-,16-,17+/m1/s1. The minimum absolute atomic E-state index is 0.138. The highest BCUT2D eigenvalue weighted by molar-refractivity contribution is 6.31. The molecule has 0 radical (unpaired) electrons. The van der Waals surface area contributed by atoms with Gasteiger partial charge in [0.05, 0.1) is 5.52 Å². The minimum atomic E-state index is -0.371. The summed E-state index contributed by atoms with van der Waals surface area (Å²) >= 11 is 6.28. The number of piperidine rings is 1. The fourth-order valence-corrected chi connectivity index (χ4v) is 4.57. The first-order chi connectivity index (χ1) is 13.5. The number of hydrogen-bond acceptors (Lipinski definition) is 2. The Bertz CT molecular complexity index is 988. The van der Waals surface area contributed by atoms with E-state index in [1.165, 1.54) is 6.42 Å². The van der Waals surface area contributed by atoms with Crippen LogP contribution in [-0.4, -0.2) is 32.7 Å². The smallest absolute Gasteiger partial charge is 0.247 e. The molecule has 0 saturated carbocycles. The number of benzene rings is 2. The zero-order valence-electron chi connectivity index (χ0n) is 16.6. The van der Waals surface area contributed by atoms with Gasteiger partial charge < -0.3 is 4.90 Å². The molecule has 1 fully saturated rings. The van der Waals surface area contributed by atoms with Crippen LogP contribution in [0.4, 0.5) is 0 Å². The normalized spacial score (nSPS) is 21.1. The molecule has 1 aliphatic heterocycles. The van der Waals surface area contributed by atoms with Gasteiger partial charge in [0.2, 0.25) is 5.91 Å². The zero-order valence-corrected chi connectivity index (χ0v) is 17.4. The molecule has 5 heteroatoms. The third-order valence-electron chi connectivity index (χ3n) is 5.89. The molecule has 2 aromatic carbocycles. The lowest BCUT2D eigenvalue weighted by molar-refractivity contribution is -0.140. The van der Waals surface area contributed by atoms with Crippen LogP contribution in [0.5, 0.6) is 0 Å². The molecule has 0 unspecified atom stereocenters. The van der Waals surface area contributed by atoms with Crippen LogP contribution < -0.4 is 0 Å². The second kappa shape index (κ2) is 7.59. The van der Waals surface area contributed by atoms with Crippen molar-refractivity contribution in [2.75, 3.05) is 0 Å². The van der Waals surface area contributed by atoms with Crippen LogP contribution in [0.2, 0.25) is 5.02 Å². The lowest BCUT2D eigenvalue weighted by atomic mass is 9.96. The van der Waals surface area contributed by atoms with Crippen LogP contribution in [0.15, 0.2) is 48.5 Å². The first-order valence-electron chi connectivity index (χ1n) is 10.0. The van der Waals surface area contributed by atoms with E-state index >= 15 is 0 Å². The van der Waals surface area contributed by atoms with Crippen molar-refractivity contribution >= 4 is 28.4 Å². The Balaban J connectivity index is 1.79. The first kappa shape index (κ1) is 19.0. The molecule has 146 valence electrons. The van der Waals surface area contributed by atoms with Crippen molar-refractivity contribution in [3.05, 3.63) is 53.6 Å². The lowest BCUT2D eigenvalue weighted by Crippen LogP contribution is -2.49. The van der Waals surface area contributed by atoms with Crippen molar-refractivity contribution in [3.8, 4) is 11.3 Å². The lowest BCUT2D eigenvalue weighted by Gasteiger charge is -2.40. The van der Waals surface area contributed by atoms with Gasteiger partial charge in [-0.3, -0.25) is 9.48 Å². The van der Waals surface area contributed by atoms with Crippen molar-refractivity contribution in [3.63, 3.8) is 0 Å². The first-order valence-corrected chi connectivity index (χ1v) is 10.4. The molecule has 0 aliphatic carbocycles. The topological polar surface area (TPSA) is 38.1 Å². The van der Waals surface area contributed by atoms with Crippen LogP contribution in [0.25, 0.3) is 22.2 Å². The van der Waals surface area contributed by atoms with E-state index in [1.807, 2.05) is 60.1 Å². The number of halogens is 1. The second-order valence-corrected chi connectivity index (χ2v) is 8.31. The molecule has 4 nitrogen and oxygen atoms in total. The van der Waals surface area contributed by atoms with Crippen LogP contribution >= 0.6 is 11.6 Å². The molecule has 28 heavy (non-hydrogen) atoms. The Kier molecular flexibility index (Phi) is 5.15. The monoisotopic (exact) mass is 395 g/mol. The van der Waals surface area contributed by atoms with E-state index in [1.54, 1.807) is 0 Å². The van der Waals surface area contributed by atoms with E-state index in [0.29, 0.717) is 5.02 Å². The van der Waals surface area contributed by atoms with Crippen LogP contribution in [0, 0.1) is 0 Å². The van der Waals surface area contributed by atoms with Crippen LogP contribution in [0.1, 0.15) is 46.1 Å². The average Bonchev–Trinajstić information content (AvgIpc) is 3.06. The van der Waals surface area contributed by atoms with E-state index < -0.39 is 0 Å². The Hall–Kier alpha value is -2.33. The maximum atomic E-state index is 13.4. The number of carbonyl (C=O) groups is 1. The van der Waals surface area contributed by atoms with Gasteiger partial charge in [0.15, 0.2) is 0 Å². The number of hydrogen-bond donors (Lipinski definition) is 0.